The van der Waals surface area contributed by atoms with Crippen molar-refractivity contribution in [3.63, 3.8) is 0 Å². The molecule has 1 unspecified atom stereocenters. The zero-order valence-electron chi connectivity index (χ0n) is 9.82. The SMILES string of the molecule is CC(=O)CCC(=O)N1CCN(C)CC1C. The van der Waals surface area contributed by atoms with Crippen LogP contribution in [0.5, 0.6) is 0 Å². The van der Waals surface area contributed by atoms with Crippen LogP contribution in [0.3, 0.4) is 0 Å². The number of hydrogen-bond acceptors (Lipinski definition) is 3. The lowest BCUT2D eigenvalue weighted by Crippen LogP contribution is -2.52. The Labute approximate surface area is 91.2 Å². The molecule has 1 aliphatic heterocycles. The molecule has 15 heavy (non-hydrogen) atoms. The van der Waals surface area contributed by atoms with E-state index in [4.69, 9.17) is 0 Å². The Morgan fingerprint density at radius 3 is 2.47 bits per heavy atom. The minimum absolute atomic E-state index is 0.0881. The smallest absolute Gasteiger partial charge is 0.223 e. The van der Waals surface area contributed by atoms with Crippen molar-refractivity contribution in [2.45, 2.75) is 32.7 Å². The van der Waals surface area contributed by atoms with E-state index in [1.165, 1.54) is 6.92 Å². The number of amides is 1. The van der Waals surface area contributed by atoms with E-state index < -0.39 is 0 Å². The van der Waals surface area contributed by atoms with Crippen LogP contribution >= 0.6 is 0 Å². The summed E-state index contributed by atoms with van der Waals surface area (Å²) < 4.78 is 0. The Morgan fingerprint density at radius 1 is 1.27 bits per heavy atom. The summed E-state index contributed by atoms with van der Waals surface area (Å²) in [7, 11) is 2.06. The third-order valence-corrected chi connectivity index (χ3v) is 2.84. The lowest BCUT2D eigenvalue weighted by Gasteiger charge is -2.38. The quantitative estimate of drug-likeness (QED) is 0.684. The first-order chi connectivity index (χ1) is 7.00. The van der Waals surface area contributed by atoms with E-state index >= 15 is 0 Å². The predicted octanol–water partition coefficient (Wildman–Crippen LogP) is 0.518. The zero-order chi connectivity index (χ0) is 11.4. The highest BCUT2D eigenvalue weighted by atomic mass is 16.2. The number of ketones is 1. The van der Waals surface area contributed by atoms with Crippen molar-refractivity contribution in [2.75, 3.05) is 26.7 Å². The Morgan fingerprint density at radius 2 is 1.93 bits per heavy atom. The molecule has 0 radical (unpaired) electrons. The molecule has 0 aromatic heterocycles. The summed E-state index contributed by atoms with van der Waals surface area (Å²) in [5, 5.41) is 0. The fourth-order valence-electron chi connectivity index (χ4n) is 1.94. The Bertz CT molecular complexity index is 253. The summed E-state index contributed by atoms with van der Waals surface area (Å²) in [5.74, 6) is 0.205. The standard InChI is InChI=1S/C11H20N2O2/c1-9-8-12(3)6-7-13(9)11(15)5-4-10(2)14/h9H,4-8H2,1-3H3. The van der Waals surface area contributed by atoms with Crippen molar-refractivity contribution in [2.24, 2.45) is 0 Å². The molecule has 1 atom stereocenters. The van der Waals surface area contributed by atoms with Crippen LogP contribution in [0.25, 0.3) is 0 Å². The van der Waals surface area contributed by atoms with Gasteiger partial charge in [0.05, 0.1) is 0 Å². The number of piperazine rings is 1. The predicted molar refractivity (Wildman–Crippen MR) is 58.6 cm³/mol. The summed E-state index contributed by atoms with van der Waals surface area (Å²) in [5.41, 5.74) is 0. The van der Waals surface area contributed by atoms with Crippen molar-refractivity contribution in [3.05, 3.63) is 0 Å². The highest BCUT2D eigenvalue weighted by Gasteiger charge is 2.25. The first-order valence-corrected chi connectivity index (χ1v) is 5.48. The van der Waals surface area contributed by atoms with Gasteiger partial charge in [0.25, 0.3) is 0 Å². The molecule has 1 aliphatic rings. The molecule has 0 aliphatic carbocycles. The van der Waals surface area contributed by atoms with Crippen molar-refractivity contribution < 1.29 is 9.59 Å². The van der Waals surface area contributed by atoms with Gasteiger partial charge in [-0.05, 0) is 20.9 Å². The molecule has 1 heterocycles. The van der Waals surface area contributed by atoms with Gasteiger partial charge < -0.3 is 14.6 Å². The molecule has 0 aromatic carbocycles. The second kappa shape index (κ2) is 5.26. The zero-order valence-corrected chi connectivity index (χ0v) is 9.82. The van der Waals surface area contributed by atoms with Crippen molar-refractivity contribution in [1.29, 1.82) is 0 Å². The number of carbonyl (C=O) groups excluding carboxylic acids is 2. The molecule has 1 amide bonds. The van der Waals surface area contributed by atoms with E-state index in [2.05, 4.69) is 18.9 Å². The van der Waals surface area contributed by atoms with Crippen LogP contribution in [0.1, 0.15) is 26.7 Å². The van der Waals surface area contributed by atoms with Gasteiger partial charge in [-0.25, -0.2) is 0 Å². The molecule has 0 spiro atoms. The molecule has 0 bridgehead atoms. The van der Waals surface area contributed by atoms with Gasteiger partial charge in [0.15, 0.2) is 0 Å². The molecule has 86 valence electrons. The average molecular weight is 212 g/mol. The summed E-state index contributed by atoms with van der Waals surface area (Å²) in [4.78, 5) is 26.7. The number of likely N-dealkylation sites (N-methyl/N-ethyl adjacent to an activating group) is 1. The Hall–Kier alpha value is -0.900. The van der Waals surface area contributed by atoms with Crippen molar-refractivity contribution in [1.82, 2.24) is 9.80 Å². The first-order valence-electron chi connectivity index (χ1n) is 5.48. The average Bonchev–Trinajstić information content (AvgIpc) is 2.14. The second-order valence-electron chi connectivity index (χ2n) is 4.40. The Balaban J connectivity index is 2.42. The maximum Gasteiger partial charge on any atom is 0.223 e. The molecule has 1 saturated heterocycles. The lowest BCUT2D eigenvalue weighted by atomic mass is 10.1. The van der Waals surface area contributed by atoms with Gasteiger partial charge in [-0.1, -0.05) is 0 Å². The van der Waals surface area contributed by atoms with Crippen LogP contribution in [-0.4, -0.2) is 54.2 Å². The third-order valence-electron chi connectivity index (χ3n) is 2.84. The number of carbonyl (C=O) groups is 2. The normalized spacial score (nSPS) is 22.9. The van der Waals surface area contributed by atoms with Crippen molar-refractivity contribution >= 4 is 11.7 Å². The van der Waals surface area contributed by atoms with Crippen LogP contribution in [0, 0.1) is 0 Å². The van der Waals surface area contributed by atoms with Crippen LogP contribution < -0.4 is 0 Å². The van der Waals surface area contributed by atoms with Gasteiger partial charge in [-0.2, -0.15) is 0 Å². The van der Waals surface area contributed by atoms with Crippen LogP contribution in [0.4, 0.5) is 0 Å². The molecule has 0 saturated carbocycles. The molecule has 4 heteroatoms. The van der Waals surface area contributed by atoms with E-state index in [0.717, 1.165) is 19.6 Å². The summed E-state index contributed by atoms with van der Waals surface area (Å²) in [6.45, 7) is 6.22. The number of hydrogen-bond donors (Lipinski definition) is 0. The van der Waals surface area contributed by atoms with Crippen molar-refractivity contribution in [3.8, 4) is 0 Å². The largest absolute Gasteiger partial charge is 0.337 e. The lowest BCUT2D eigenvalue weighted by molar-refractivity contribution is -0.136. The minimum atomic E-state index is 0.0881. The van der Waals surface area contributed by atoms with E-state index in [1.54, 1.807) is 0 Å². The third kappa shape index (κ3) is 3.63. The molecular weight excluding hydrogens is 192 g/mol. The minimum Gasteiger partial charge on any atom is -0.337 e. The fourth-order valence-corrected chi connectivity index (χ4v) is 1.94. The van der Waals surface area contributed by atoms with E-state index in [0.29, 0.717) is 12.8 Å². The number of rotatable bonds is 3. The second-order valence-corrected chi connectivity index (χ2v) is 4.40. The fraction of sp³-hybridized carbons (Fsp3) is 0.818. The molecule has 0 N–H and O–H groups in total. The maximum absolute atomic E-state index is 11.8. The van der Waals surface area contributed by atoms with Crippen LogP contribution in [-0.2, 0) is 9.59 Å². The summed E-state index contributed by atoms with van der Waals surface area (Å²) in [6.07, 6.45) is 0.737. The van der Waals surface area contributed by atoms with Gasteiger partial charge in [-0.15, -0.1) is 0 Å². The van der Waals surface area contributed by atoms with E-state index in [-0.39, 0.29) is 17.7 Å². The van der Waals surface area contributed by atoms with Crippen LogP contribution in [0.15, 0.2) is 0 Å². The number of nitrogens with zero attached hydrogens (tertiary/aromatic N) is 2. The maximum atomic E-state index is 11.8. The number of Topliss-reactive ketones (excluding diaryl/α,β-unsaturated/α-hetero) is 1. The molecule has 1 fully saturated rings. The van der Waals surface area contributed by atoms with E-state index in [9.17, 15) is 9.59 Å². The monoisotopic (exact) mass is 212 g/mol. The van der Waals surface area contributed by atoms with Gasteiger partial charge in [0.2, 0.25) is 5.91 Å². The summed E-state index contributed by atoms with van der Waals surface area (Å²) >= 11 is 0. The molecule has 1 rings (SSSR count). The Kier molecular flexibility index (Phi) is 4.27. The first kappa shape index (κ1) is 12.2. The van der Waals surface area contributed by atoms with Crippen LogP contribution in [0.2, 0.25) is 0 Å². The highest BCUT2D eigenvalue weighted by Crippen LogP contribution is 2.10. The summed E-state index contributed by atoms with van der Waals surface area (Å²) in [6, 6.07) is 0.267. The molecular formula is C11H20N2O2. The van der Waals surface area contributed by atoms with Gasteiger partial charge in [0, 0.05) is 38.5 Å². The van der Waals surface area contributed by atoms with Gasteiger partial charge >= 0.3 is 0 Å². The van der Waals surface area contributed by atoms with Gasteiger partial charge in [-0.3, -0.25) is 4.79 Å². The molecule has 0 aromatic rings. The van der Waals surface area contributed by atoms with E-state index in [1.807, 2.05) is 4.90 Å². The topological polar surface area (TPSA) is 40.6 Å². The molecule has 4 nitrogen and oxygen atoms in total. The van der Waals surface area contributed by atoms with Gasteiger partial charge in [0.1, 0.15) is 5.78 Å². The highest BCUT2D eigenvalue weighted by molar-refractivity contribution is 5.83.